The van der Waals surface area contributed by atoms with Crippen LogP contribution in [0.4, 0.5) is 0 Å². The van der Waals surface area contributed by atoms with Gasteiger partial charge in [0.15, 0.2) is 0 Å². The molecular weight excluding hydrogens is 210 g/mol. The van der Waals surface area contributed by atoms with Gasteiger partial charge in [-0.05, 0) is 45.4 Å². The highest BCUT2D eigenvalue weighted by Gasteiger charge is 2.19. The molecule has 0 amide bonds. The van der Waals surface area contributed by atoms with E-state index in [1.807, 2.05) is 7.05 Å². The molecule has 0 aliphatic rings. The molecule has 1 rings (SSSR count). The van der Waals surface area contributed by atoms with Gasteiger partial charge in [0, 0.05) is 0 Å². The van der Waals surface area contributed by atoms with Crippen LogP contribution in [0.15, 0.2) is 24.3 Å². The number of hydrogen-bond acceptors (Lipinski definition) is 2. The van der Waals surface area contributed by atoms with Crippen molar-refractivity contribution in [2.24, 2.45) is 0 Å². The van der Waals surface area contributed by atoms with E-state index in [9.17, 15) is 0 Å². The van der Waals surface area contributed by atoms with E-state index >= 15 is 0 Å². The maximum absolute atomic E-state index is 5.98. The van der Waals surface area contributed by atoms with Gasteiger partial charge in [-0.2, -0.15) is 0 Å². The Morgan fingerprint density at radius 1 is 1.29 bits per heavy atom. The molecule has 0 aromatic heterocycles. The van der Waals surface area contributed by atoms with Gasteiger partial charge in [0.1, 0.15) is 0 Å². The molecule has 2 heteroatoms. The van der Waals surface area contributed by atoms with Gasteiger partial charge in [-0.3, -0.25) is 0 Å². The van der Waals surface area contributed by atoms with Gasteiger partial charge < -0.3 is 10.1 Å². The number of aryl methyl sites for hydroxylation is 1. The highest BCUT2D eigenvalue weighted by Crippen LogP contribution is 2.21. The fourth-order valence-corrected chi connectivity index (χ4v) is 1.72. The van der Waals surface area contributed by atoms with Crippen molar-refractivity contribution in [3.63, 3.8) is 0 Å². The van der Waals surface area contributed by atoms with E-state index in [0.717, 1.165) is 6.42 Å². The Morgan fingerprint density at radius 2 is 1.94 bits per heavy atom. The van der Waals surface area contributed by atoms with E-state index in [1.165, 1.54) is 11.1 Å². The van der Waals surface area contributed by atoms with Crippen LogP contribution in [-0.2, 0) is 4.74 Å². The number of benzene rings is 1. The molecule has 96 valence electrons. The van der Waals surface area contributed by atoms with Crippen LogP contribution in [0.5, 0.6) is 0 Å². The second-order valence-corrected chi connectivity index (χ2v) is 5.12. The topological polar surface area (TPSA) is 21.3 Å². The summed E-state index contributed by atoms with van der Waals surface area (Å²) in [5.74, 6) is 0. The molecule has 0 heterocycles. The van der Waals surface area contributed by atoms with Crippen molar-refractivity contribution in [3.8, 4) is 0 Å². The molecule has 17 heavy (non-hydrogen) atoms. The van der Waals surface area contributed by atoms with Crippen molar-refractivity contribution < 1.29 is 4.74 Å². The highest BCUT2D eigenvalue weighted by molar-refractivity contribution is 5.28. The van der Waals surface area contributed by atoms with Crippen LogP contribution in [-0.4, -0.2) is 19.3 Å². The SMILES string of the molecule is CCC(C)(C)OCC(NC)c1ccccc1C. The number of rotatable bonds is 6. The summed E-state index contributed by atoms with van der Waals surface area (Å²) in [6.45, 7) is 9.28. The van der Waals surface area contributed by atoms with E-state index < -0.39 is 0 Å². The van der Waals surface area contributed by atoms with Crippen LogP contribution in [0.3, 0.4) is 0 Å². The summed E-state index contributed by atoms with van der Waals surface area (Å²) in [6.07, 6.45) is 1.03. The maximum atomic E-state index is 5.98. The first kappa shape index (κ1) is 14.2. The second kappa shape index (κ2) is 6.18. The predicted octanol–water partition coefficient (Wildman–Crippen LogP) is 3.46. The third-order valence-electron chi connectivity index (χ3n) is 3.40. The third kappa shape index (κ3) is 4.14. The molecule has 0 saturated carbocycles. The lowest BCUT2D eigenvalue weighted by Crippen LogP contribution is -2.30. The molecule has 2 nitrogen and oxygen atoms in total. The number of hydrogen-bond donors (Lipinski definition) is 1. The molecule has 0 bridgehead atoms. The largest absolute Gasteiger partial charge is 0.374 e. The Bertz CT molecular complexity index is 347. The molecule has 1 aromatic carbocycles. The first-order valence-electron chi connectivity index (χ1n) is 6.37. The normalized spacial score (nSPS) is 13.7. The minimum Gasteiger partial charge on any atom is -0.374 e. The monoisotopic (exact) mass is 235 g/mol. The van der Waals surface area contributed by atoms with Gasteiger partial charge in [-0.25, -0.2) is 0 Å². The van der Waals surface area contributed by atoms with Crippen LogP contribution in [0.1, 0.15) is 44.4 Å². The maximum Gasteiger partial charge on any atom is 0.0668 e. The van der Waals surface area contributed by atoms with E-state index in [1.54, 1.807) is 0 Å². The molecular formula is C15H25NO. The Morgan fingerprint density at radius 3 is 2.47 bits per heavy atom. The summed E-state index contributed by atoms with van der Waals surface area (Å²) >= 11 is 0. The lowest BCUT2D eigenvalue weighted by atomic mass is 10.0. The highest BCUT2D eigenvalue weighted by atomic mass is 16.5. The van der Waals surface area contributed by atoms with Crippen LogP contribution in [0.25, 0.3) is 0 Å². The van der Waals surface area contributed by atoms with Crippen LogP contribution in [0, 0.1) is 6.92 Å². The van der Waals surface area contributed by atoms with E-state index in [4.69, 9.17) is 4.74 Å². The summed E-state index contributed by atoms with van der Waals surface area (Å²) in [7, 11) is 1.99. The van der Waals surface area contributed by atoms with Crippen molar-refractivity contribution in [1.29, 1.82) is 0 Å². The Balaban J connectivity index is 2.70. The van der Waals surface area contributed by atoms with Crippen molar-refractivity contribution in [3.05, 3.63) is 35.4 Å². The van der Waals surface area contributed by atoms with Crippen molar-refractivity contribution in [2.45, 2.75) is 45.8 Å². The second-order valence-electron chi connectivity index (χ2n) is 5.12. The molecule has 1 unspecified atom stereocenters. The zero-order valence-electron chi connectivity index (χ0n) is 11.7. The van der Waals surface area contributed by atoms with Gasteiger partial charge in [-0.15, -0.1) is 0 Å². The van der Waals surface area contributed by atoms with Crippen molar-refractivity contribution in [1.82, 2.24) is 5.32 Å². The fraction of sp³-hybridized carbons (Fsp3) is 0.600. The van der Waals surface area contributed by atoms with E-state index in [2.05, 4.69) is 57.3 Å². The molecule has 0 fully saturated rings. The van der Waals surface area contributed by atoms with Crippen LogP contribution < -0.4 is 5.32 Å². The number of nitrogens with one attached hydrogen (secondary N) is 1. The third-order valence-corrected chi connectivity index (χ3v) is 3.40. The lowest BCUT2D eigenvalue weighted by Gasteiger charge is -2.27. The lowest BCUT2D eigenvalue weighted by molar-refractivity contribution is -0.0300. The average Bonchev–Trinajstić information content (AvgIpc) is 2.32. The van der Waals surface area contributed by atoms with Crippen molar-refractivity contribution >= 4 is 0 Å². The summed E-state index contributed by atoms with van der Waals surface area (Å²) in [5.41, 5.74) is 2.59. The van der Waals surface area contributed by atoms with Gasteiger partial charge in [-0.1, -0.05) is 31.2 Å². The molecule has 0 saturated heterocycles. The minimum atomic E-state index is -0.0439. The summed E-state index contributed by atoms with van der Waals surface area (Å²) in [5, 5.41) is 3.33. The fourth-order valence-electron chi connectivity index (χ4n) is 1.72. The zero-order valence-corrected chi connectivity index (χ0v) is 11.7. The zero-order chi connectivity index (χ0) is 12.9. The van der Waals surface area contributed by atoms with Crippen LogP contribution in [0.2, 0.25) is 0 Å². The average molecular weight is 235 g/mol. The molecule has 0 radical (unpaired) electrons. The summed E-state index contributed by atoms with van der Waals surface area (Å²) in [6, 6.07) is 8.73. The quantitative estimate of drug-likeness (QED) is 0.815. The standard InChI is InChI=1S/C15H25NO/c1-6-15(3,4)17-11-14(16-5)13-10-8-7-9-12(13)2/h7-10,14,16H,6,11H2,1-5H3. The molecule has 1 aromatic rings. The van der Waals surface area contributed by atoms with Gasteiger partial charge >= 0.3 is 0 Å². The minimum absolute atomic E-state index is 0.0439. The number of ether oxygens (including phenoxy) is 1. The van der Waals surface area contributed by atoms with E-state index in [-0.39, 0.29) is 11.6 Å². The molecule has 1 atom stereocenters. The number of likely N-dealkylation sites (N-methyl/N-ethyl adjacent to an activating group) is 1. The first-order chi connectivity index (χ1) is 8.00. The van der Waals surface area contributed by atoms with Gasteiger partial charge in [0.05, 0.1) is 18.2 Å². The smallest absolute Gasteiger partial charge is 0.0668 e. The van der Waals surface area contributed by atoms with E-state index in [0.29, 0.717) is 6.61 Å². The van der Waals surface area contributed by atoms with Crippen molar-refractivity contribution in [2.75, 3.05) is 13.7 Å². The molecule has 0 spiro atoms. The summed E-state index contributed by atoms with van der Waals surface area (Å²) < 4.78 is 5.98. The molecule has 0 aliphatic carbocycles. The Labute approximate surface area is 105 Å². The molecule has 1 N–H and O–H groups in total. The summed E-state index contributed by atoms with van der Waals surface area (Å²) in [4.78, 5) is 0. The Hall–Kier alpha value is -0.860. The Kier molecular flexibility index (Phi) is 5.16. The van der Waals surface area contributed by atoms with Crippen LogP contribution >= 0.6 is 0 Å². The van der Waals surface area contributed by atoms with Gasteiger partial charge in [0.2, 0.25) is 0 Å². The van der Waals surface area contributed by atoms with Gasteiger partial charge in [0.25, 0.3) is 0 Å². The predicted molar refractivity (Wildman–Crippen MR) is 73.3 cm³/mol. The molecule has 0 aliphatic heterocycles. The first-order valence-corrected chi connectivity index (χ1v) is 6.37.